The fraction of sp³-hybridized carbons (Fsp3) is 0.615. The Morgan fingerprint density at radius 3 is 2.71 bits per heavy atom. The van der Waals surface area contributed by atoms with Gasteiger partial charge >= 0.3 is 0 Å². The van der Waals surface area contributed by atoms with Crippen LogP contribution in [0, 0.1) is 5.92 Å². The lowest BCUT2D eigenvalue weighted by molar-refractivity contribution is -0.121. The van der Waals surface area contributed by atoms with Gasteiger partial charge in [-0.05, 0) is 46.8 Å². The summed E-state index contributed by atoms with van der Waals surface area (Å²) in [4.78, 5) is 11.9. The Morgan fingerprint density at radius 2 is 2.10 bits per heavy atom. The summed E-state index contributed by atoms with van der Waals surface area (Å²) >= 11 is 4.34. The lowest BCUT2D eigenvalue weighted by atomic mass is 9.86. The summed E-state index contributed by atoms with van der Waals surface area (Å²) in [6.45, 7) is 1.90. The van der Waals surface area contributed by atoms with Crippen molar-refractivity contribution in [2.45, 2.75) is 42.9 Å². The van der Waals surface area contributed by atoms with Gasteiger partial charge in [0.2, 0.25) is 5.91 Å². The molecular formula is C13H19BrN2O3S2. The first-order chi connectivity index (χ1) is 9.88. The number of sulfonamides is 1. The first kappa shape index (κ1) is 16.9. The first-order valence-corrected chi connectivity index (χ1v) is 10.0. The van der Waals surface area contributed by atoms with E-state index in [9.17, 15) is 13.2 Å². The molecule has 1 aromatic rings. The van der Waals surface area contributed by atoms with Gasteiger partial charge in [-0.3, -0.25) is 4.79 Å². The van der Waals surface area contributed by atoms with Crippen LogP contribution in [0.4, 0.5) is 0 Å². The van der Waals surface area contributed by atoms with Crippen molar-refractivity contribution in [2.75, 3.05) is 6.54 Å². The molecule has 1 aromatic heterocycles. The van der Waals surface area contributed by atoms with E-state index in [2.05, 4.69) is 32.9 Å². The molecule has 0 radical (unpaired) electrons. The minimum absolute atomic E-state index is 0.159. The van der Waals surface area contributed by atoms with Gasteiger partial charge in [0, 0.05) is 6.04 Å². The molecule has 0 saturated heterocycles. The third-order valence-corrected chi connectivity index (χ3v) is 7.21. The predicted molar refractivity (Wildman–Crippen MR) is 86.8 cm³/mol. The van der Waals surface area contributed by atoms with Gasteiger partial charge in [0.05, 0.1) is 10.3 Å². The molecule has 1 fully saturated rings. The van der Waals surface area contributed by atoms with Crippen LogP contribution in [-0.4, -0.2) is 26.9 Å². The van der Waals surface area contributed by atoms with Crippen LogP contribution in [0.15, 0.2) is 20.1 Å². The molecule has 21 heavy (non-hydrogen) atoms. The van der Waals surface area contributed by atoms with Crippen molar-refractivity contribution in [3.8, 4) is 0 Å². The number of rotatable bonds is 5. The highest BCUT2D eigenvalue weighted by Crippen LogP contribution is 2.26. The first-order valence-electron chi connectivity index (χ1n) is 6.93. The van der Waals surface area contributed by atoms with E-state index in [0.29, 0.717) is 5.92 Å². The second-order valence-electron chi connectivity index (χ2n) is 5.32. The van der Waals surface area contributed by atoms with E-state index in [0.717, 1.165) is 34.4 Å². The smallest absolute Gasteiger partial charge is 0.250 e. The zero-order valence-electron chi connectivity index (χ0n) is 11.8. The topological polar surface area (TPSA) is 75.3 Å². The van der Waals surface area contributed by atoms with Crippen LogP contribution >= 0.6 is 27.3 Å². The minimum atomic E-state index is -3.61. The van der Waals surface area contributed by atoms with E-state index in [1.807, 2.05) is 0 Å². The average Bonchev–Trinajstić information content (AvgIpc) is 2.87. The lowest BCUT2D eigenvalue weighted by Crippen LogP contribution is -2.45. The zero-order valence-corrected chi connectivity index (χ0v) is 15.0. The van der Waals surface area contributed by atoms with Crippen molar-refractivity contribution in [1.29, 1.82) is 0 Å². The minimum Gasteiger partial charge on any atom is -0.352 e. The fourth-order valence-corrected chi connectivity index (χ4v) is 5.50. The summed E-state index contributed by atoms with van der Waals surface area (Å²) in [5.41, 5.74) is 0. The number of thiophene rings is 1. The largest absolute Gasteiger partial charge is 0.352 e. The maximum absolute atomic E-state index is 12.0. The summed E-state index contributed by atoms with van der Waals surface area (Å²) in [6, 6.07) is 3.34. The third kappa shape index (κ3) is 4.77. The van der Waals surface area contributed by atoms with Gasteiger partial charge in [0.15, 0.2) is 0 Å². The summed E-state index contributed by atoms with van der Waals surface area (Å²) in [6.07, 6.45) is 4.40. The Hall–Kier alpha value is -0.440. The molecule has 2 atom stereocenters. The summed E-state index contributed by atoms with van der Waals surface area (Å²) in [5, 5.41) is 2.93. The van der Waals surface area contributed by atoms with Crippen molar-refractivity contribution in [1.82, 2.24) is 10.0 Å². The molecule has 0 bridgehead atoms. The van der Waals surface area contributed by atoms with E-state index in [1.165, 1.54) is 12.5 Å². The Kier molecular flexibility index (Phi) is 5.81. The maximum Gasteiger partial charge on any atom is 0.250 e. The van der Waals surface area contributed by atoms with Crippen LogP contribution < -0.4 is 10.0 Å². The predicted octanol–water partition coefficient (Wildman–Crippen LogP) is 2.48. The van der Waals surface area contributed by atoms with Crippen molar-refractivity contribution in [3.05, 3.63) is 15.9 Å². The Bertz CT molecular complexity index is 600. The fourth-order valence-electron chi connectivity index (χ4n) is 2.46. The molecule has 1 saturated carbocycles. The zero-order chi connectivity index (χ0) is 15.5. The van der Waals surface area contributed by atoms with Gasteiger partial charge in [-0.2, -0.15) is 0 Å². The second kappa shape index (κ2) is 7.21. The molecule has 1 aliphatic carbocycles. The van der Waals surface area contributed by atoms with E-state index in [1.54, 1.807) is 6.07 Å². The van der Waals surface area contributed by atoms with Gasteiger partial charge in [0.25, 0.3) is 10.0 Å². The number of carbonyl (C=O) groups is 1. The third-order valence-electron chi connectivity index (χ3n) is 3.69. The van der Waals surface area contributed by atoms with Crippen LogP contribution in [0.25, 0.3) is 0 Å². The van der Waals surface area contributed by atoms with Gasteiger partial charge < -0.3 is 5.32 Å². The number of halogens is 1. The van der Waals surface area contributed by atoms with Crippen LogP contribution in [0.1, 0.15) is 32.6 Å². The summed E-state index contributed by atoms with van der Waals surface area (Å²) < 4.78 is 27.3. The second-order valence-corrected chi connectivity index (χ2v) is 9.78. The SMILES string of the molecule is CC1CCCCC1NC(=O)CNS(=O)(=O)c1ccc(Br)s1. The Balaban J connectivity index is 1.86. The van der Waals surface area contributed by atoms with Gasteiger partial charge in [0.1, 0.15) is 4.21 Å². The highest BCUT2D eigenvalue weighted by Gasteiger charge is 2.24. The molecule has 1 heterocycles. The molecule has 0 aromatic carbocycles. The monoisotopic (exact) mass is 394 g/mol. The lowest BCUT2D eigenvalue weighted by Gasteiger charge is -2.29. The van der Waals surface area contributed by atoms with E-state index in [4.69, 9.17) is 0 Å². The van der Waals surface area contributed by atoms with Gasteiger partial charge in [-0.25, -0.2) is 13.1 Å². The van der Waals surface area contributed by atoms with Crippen molar-refractivity contribution in [3.63, 3.8) is 0 Å². The molecular weight excluding hydrogens is 376 g/mol. The number of hydrogen-bond acceptors (Lipinski definition) is 4. The quantitative estimate of drug-likeness (QED) is 0.805. The van der Waals surface area contributed by atoms with E-state index in [-0.39, 0.29) is 22.7 Å². The molecule has 2 N–H and O–H groups in total. The summed E-state index contributed by atoms with van der Waals surface area (Å²) in [7, 11) is -3.61. The Labute approximate surface area is 137 Å². The Morgan fingerprint density at radius 1 is 1.38 bits per heavy atom. The number of nitrogens with one attached hydrogen (secondary N) is 2. The normalized spacial score (nSPS) is 23.0. The average molecular weight is 395 g/mol. The number of carbonyl (C=O) groups excluding carboxylic acids is 1. The molecule has 2 rings (SSSR count). The number of amides is 1. The molecule has 1 amide bonds. The van der Waals surface area contributed by atoms with Crippen molar-refractivity contribution >= 4 is 43.2 Å². The molecule has 0 aliphatic heterocycles. The molecule has 118 valence electrons. The number of hydrogen-bond donors (Lipinski definition) is 2. The molecule has 8 heteroatoms. The standard InChI is InChI=1S/C13H19BrN2O3S2/c1-9-4-2-3-5-10(9)16-12(17)8-15-21(18,19)13-7-6-11(14)20-13/h6-7,9-10,15H,2-5,8H2,1H3,(H,16,17). The molecule has 1 aliphatic rings. The highest BCUT2D eigenvalue weighted by molar-refractivity contribution is 9.11. The van der Waals surface area contributed by atoms with Crippen molar-refractivity contribution < 1.29 is 13.2 Å². The van der Waals surface area contributed by atoms with E-state index < -0.39 is 10.0 Å². The van der Waals surface area contributed by atoms with Crippen LogP contribution in [0.5, 0.6) is 0 Å². The summed E-state index contributed by atoms with van der Waals surface area (Å²) in [5.74, 6) is 0.181. The van der Waals surface area contributed by atoms with Crippen LogP contribution in [-0.2, 0) is 14.8 Å². The molecule has 2 unspecified atom stereocenters. The van der Waals surface area contributed by atoms with Crippen LogP contribution in [0.3, 0.4) is 0 Å². The maximum atomic E-state index is 12.0. The molecule has 5 nitrogen and oxygen atoms in total. The van der Waals surface area contributed by atoms with Crippen LogP contribution in [0.2, 0.25) is 0 Å². The van der Waals surface area contributed by atoms with Gasteiger partial charge in [-0.1, -0.05) is 19.8 Å². The van der Waals surface area contributed by atoms with E-state index >= 15 is 0 Å². The molecule has 0 spiro atoms. The van der Waals surface area contributed by atoms with Gasteiger partial charge in [-0.15, -0.1) is 11.3 Å². The van der Waals surface area contributed by atoms with Crippen molar-refractivity contribution in [2.24, 2.45) is 5.92 Å². The highest BCUT2D eigenvalue weighted by atomic mass is 79.9.